The van der Waals surface area contributed by atoms with Gasteiger partial charge in [-0.3, -0.25) is 4.98 Å². The fourth-order valence-corrected chi connectivity index (χ4v) is 3.81. The summed E-state index contributed by atoms with van der Waals surface area (Å²) in [7, 11) is 3.34. The summed E-state index contributed by atoms with van der Waals surface area (Å²) in [5, 5.41) is 2.06. The van der Waals surface area contributed by atoms with Crippen LogP contribution in [0.5, 0.6) is 11.5 Å². The number of nitrogens with zero attached hydrogens (tertiary/aromatic N) is 3. The van der Waals surface area contributed by atoms with E-state index in [-0.39, 0.29) is 0 Å². The first-order chi connectivity index (χ1) is 12.3. The molecule has 0 spiro atoms. The second kappa shape index (κ2) is 6.72. The molecule has 25 heavy (non-hydrogen) atoms. The smallest absolute Gasteiger partial charge is 0.161 e. The van der Waals surface area contributed by atoms with Crippen LogP contribution >= 0.6 is 11.3 Å². The molecule has 0 saturated heterocycles. The Morgan fingerprint density at radius 2 is 1.88 bits per heavy atom. The summed E-state index contributed by atoms with van der Waals surface area (Å²) in [6.45, 7) is 1.70. The molecule has 0 radical (unpaired) electrons. The lowest BCUT2D eigenvalue weighted by Crippen LogP contribution is -2.31. The minimum Gasteiger partial charge on any atom is -0.493 e. The number of ether oxygens (including phenoxy) is 2. The second-order valence-corrected chi connectivity index (χ2v) is 6.83. The molecule has 1 aliphatic rings. The lowest BCUT2D eigenvalue weighted by molar-refractivity contribution is 0.353. The minimum atomic E-state index is 0.765. The maximum absolute atomic E-state index is 5.44. The highest BCUT2D eigenvalue weighted by Crippen LogP contribution is 2.34. The van der Waals surface area contributed by atoms with Crippen LogP contribution in [0, 0.1) is 0 Å². The highest BCUT2D eigenvalue weighted by atomic mass is 32.1. The summed E-state index contributed by atoms with van der Waals surface area (Å²) in [6.07, 6.45) is 4.60. The molecule has 1 aliphatic heterocycles. The minimum absolute atomic E-state index is 0.765. The van der Waals surface area contributed by atoms with E-state index >= 15 is 0 Å². The van der Waals surface area contributed by atoms with Crippen LogP contribution in [0.3, 0.4) is 0 Å². The predicted octanol–water partition coefficient (Wildman–Crippen LogP) is 3.79. The first-order valence-corrected chi connectivity index (χ1v) is 9.01. The SMILES string of the molecule is COc1cc2c(cc1OC)CN(c1cncc(-c3cccs3)n1)CC2. The molecule has 2 aromatic heterocycles. The Morgan fingerprint density at radius 1 is 1.08 bits per heavy atom. The van der Waals surface area contributed by atoms with Crippen LogP contribution < -0.4 is 14.4 Å². The number of hydrogen-bond donors (Lipinski definition) is 0. The largest absolute Gasteiger partial charge is 0.493 e. The molecule has 0 saturated carbocycles. The molecule has 3 heterocycles. The summed E-state index contributed by atoms with van der Waals surface area (Å²) in [6, 6.07) is 8.25. The van der Waals surface area contributed by atoms with E-state index in [0.717, 1.165) is 47.4 Å². The van der Waals surface area contributed by atoms with Crippen molar-refractivity contribution in [1.29, 1.82) is 0 Å². The molecule has 128 valence electrons. The molecule has 1 aromatic carbocycles. The molecule has 5 nitrogen and oxygen atoms in total. The van der Waals surface area contributed by atoms with E-state index in [0.29, 0.717) is 0 Å². The molecule has 0 unspecified atom stereocenters. The topological polar surface area (TPSA) is 47.5 Å². The first-order valence-electron chi connectivity index (χ1n) is 8.13. The van der Waals surface area contributed by atoms with Gasteiger partial charge < -0.3 is 14.4 Å². The number of benzene rings is 1. The van der Waals surface area contributed by atoms with E-state index in [2.05, 4.69) is 33.5 Å². The Morgan fingerprint density at radius 3 is 2.60 bits per heavy atom. The zero-order valence-corrected chi connectivity index (χ0v) is 15.0. The number of rotatable bonds is 4. The van der Waals surface area contributed by atoms with Crippen molar-refractivity contribution in [1.82, 2.24) is 9.97 Å². The van der Waals surface area contributed by atoms with Crippen molar-refractivity contribution in [3.63, 3.8) is 0 Å². The summed E-state index contributed by atoms with van der Waals surface area (Å²) in [4.78, 5) is 12.6. The summed E-state index contributed by atoms with van der Waals surface area (Å²) in [5.41, 5.74) is 3.47. The Balaban J connectivity index is 1.63. The van der Waals surface area contributed by atoms with Crippen molar-refractivity contribution in [2.45, 2.75) is 13.0 Å². The quantitative estimate of drug-likeness (QED) is 0.714. The van der Waals surface area contributed by atoms with Crippen molar-refractivity contribution >= 4 is 17.2 Å². The van der Waals surface area contributed by atoms with Crippen LogP contribution in [0.4, 0.5) is 5.82 Å². The molecule has 0 bridgehead atoms. The van der Waals surface area contributed by atoms with Gasteiger partial charge in [0.2, 0.25) is 0 Å². The zero-order chi connectivity index (χ0) is 17.2. The lowest BCUT2D eigenvalue weighted by atomic mass is 9.99. The molecule has 0 amide bonds. The van der Waals surface area contributed by atoms with Crippen LogP contribution in [-0.2, 0) is 13.0 Å². The third-order valence-electron chi connectivity index (χ3n) is 4.44. The number of aromatic nitrogens is 2. The molecule has 0 aliphatic carbocycles. The van der Waals surface area contributed by atoms with Crippen LogP contribution in [0.2, 0.25) is 0 Å². The highest BCUT2D eigenvalue weighted by molar-refractivity contribution is 7.13. The number of anilines is 1. The lowest BCUT2D eigenvalue weighted by Gasteiger charge is -2.30. The van der Waals surface area contributed by atoms with Gasteiger partial charge in [0.05, 0.1) is 31.5 Å². The van der Waals surface area contributed by atoms with Gasteiger partial charge in [0, 0.05) is 13.1 Å². The normalized spacial score (nSPS) is 13.4. The van der Waals surface area contributed by atoms with E-state index in [1.54, 1.807) is 25.6 Å². The maximum Gasteiger partial charge on any atom is 0.161 e. The highest BCUT2D eigenvalue weighted by Gasteiger charge is 2.21. The van der Waals surface area contributed by atoms with Gasteiger partial charge in [-0.25, -0.2) is 4.98 Å². The second-order valence-electron chi connectivity index (χ2n) is 5.89. The molecule has 0 fully saturated rings. The van der Waals surface area contributed by atoms with Gasteiger partial charge in [-0.05, 0) is 41.1 Å². The van der Waals surface area contributed by atoms with E-state index in [1.165, 1.54) is 11.1 Å². The average Bonchev–Trinajstić information content (AvgIpc) is 3.21. The monoisotopic (exact) mass is 353 g/mol. The van der Waals surface area contributed by atoms with E-state index in [1.807, 2.05) is 18.5 Å². The van der Waals surface area contributed by atoms with Gasteiger partial charge in [0.25, 0.3) is 0 Å². The molecule has 4 rings (SSSR count). The van der Waals surface area contributed by atoms with E-state index < -0.39 is 0 Å². The molecular formula is C19H19N3O2S. The number of fused-ring (bicyclic) bond motifs is 1. The summed E-state index contributed by atoms with van der Waals surface area (Å²) in [5.74, 6) is 2.46. The van der Waals surface area contributed by atoms with Crippen molar-refractivity contribution in [2.24, 2.45) is 0 Å². The van der Waals surface area contributed by atoms with Crippen LogP contribution in [-0.4, -0.2) is 30.7 Å². The average molecular weight is 353 g/mol. The molecule has 0 atom stereocenters. The van der Waals surface area contributed by atoms with Crippen molar-refractivity contribution in [3.05, 3.63) is 53.2 Å². The van der Waals surface area contributed by atoms with Gasteiger partial charge >= 0.3 is 0 Å². The van der Waals surface area contributed by atoms with Gasteiger partial charge in [0.15, 0.2) is 11.5 Å². The molecule has 0 N–H and O–H groups in total. The fourth-order valence-electron chi connectivity index (χ4n) is 3.13. The van der Waals surface area contributed by atoms with Crippen molar-refractivity contribution in [3.8, 4) is 22.1 Å². The number of methoxy groups -OCH3 is 2. The van der Waals surface area contributed by atoms with Crippen molar-refractivity contribution < 1.29 is 9.47 Å². The van der Waals surface area contributed by atoms with Gasteiger partial charge in [-0.15, -0.1) is 11.3 Å². The van der Waals surface area contributed by atoms with Crippen LogP contribution in [0.15, 0.2) is 42.0 Å². The Labute approximate surface area is 150 Å². The van der Waals surface area contributed by atoms with E-state index in [9.17, 15) is 0 Å². The maximum atomic E-state index is 5.44. The van der Waals surface area contributed by atoms with Crippen LogP contribution in [0.25, 0.3) is 10.6 Å². The standard InChI is InChI=1S/C19H19N3O2S/c1-23-16-8-13-5-6-22(12-14(13)9-17(16)24-2)19-11-20-10-15(21-19)18-4-3-7-25-18/h3-4,7-11H,5-6,12H2,1-2H3. The third kappa shape index (κ3) is 3.05. The van der Waals surface area contributed by atoms with Crippen LogP contribution in [0.1, 0.15) is 11.1 Å². The summed E-state index contributed by atoms with van der Waals surface area (Å²) >= 11 is 1.68. The number of thiophene rings is 1. The van der Waals surface area contributed by atoms with Gasteiger partial charge in [-0.2, -0.15) is 0 Å². The first kappa shape index (κ1) is 15.9. The third-order valence-corrected chi connectivity index (χ3v) is 5.33. The van der Waals surface area contributed by atoms with Gasteiger partial charge in [-0.1, -0.05) is 6.07 Å². The Hall–Kier alpha value is -2.60. The number of hydrogen-bond acceptors (Lipinski definition) is 6. The predicted molar refractivity (Wildman–Crippen MR) is 99.6 cm³/mol. The molecule has 3 aromatic rings. The Kier molecular flexibility index (Phi) is 4.28. The zero-order valence-electron chi connectivity index (χ0n) is 14.2. The Bertz CT molecular complexity index is 880. The van der Waals surface area contributed by atoms with Crippen molar-refractivity contribution in [2.75, 3.05) is 25.7 Å². The van der Waals surface area contributed by atoms with E-state index in [4.69, 9.17) is 14.5 Å². The molecular weight excluding hydrogens is 334 g/mol. The molecule has 6 heteroatoms. The summed E-state index contributed by atoms with van der Waals surface area (Å²) < 4.78 is 10.9. The van der Waals surface area contributed by atoms with Gasteiger partial charge in [0.1, 0.15) is 11.5 Å². The fraction of sp³-hybridized carbons (Fsp3) is 0.263.